The molecule has 4 N–H and O–H groups in total. The number of hydrogen-bond donors (Lipinski definition) is 3. The predicted molar refractivity (Wildman–Crippen MR) is 67.3 cm³/mol. The van der Waals surface area contributed by atoms with Crippen molar-refractivity contribution in [3.63, 3.8) is 0 Å². The normalized spacial score (nSPS) is 10.6. The average molecular weight is 262 g/mol. The zero-order valence-electron chi connectivity index (χ0n) is 10.4. The highest BCUT2D eigenvalue weighted by Crippen LogP contribution is 2.22. The zero-order chi connectivity index (χ0) is 14.0. The van der Waals surface area contributed by atoms with Crippen molar-refractivity contribution in [2.45, 2.75) is 19.9 Å². The second kappa shape index (κ2) is 5.07. The minimum absolute atomic E-state index is 0.177. The van der Waals surface area contributed by atoms with E-state index in [4.69, 9.17) is 10.8 Å². The number of nitrogens with two attached hydrogens (primary N) is 1. The first-order valence-electron chi connectivity index (χ1n) is 5.78. The molecule has 0 aliphatic rings. The third kappa shape index (κ3) is 2.27. The molecule has 1 heterocycles. The standard InChI is InChI=1S/C12H14N4O3/c1-2-10-9(6-13)14-15-16(10)7-3-4-11(17)8(5-7)12(18)19/h3-5,17H,2,6,13H2,1H3,(H,18,19). The highest BCUT2D eigenvalue weighted by Gasteiger charge is 2.15. The molecule has 7 nitrogen and oxygen atoms in total. The van der Waals surface area contributed by atoms with E-state index in [1.165, 1.54) is 16.8 Å². The number of carboxylic acid groups (broad SMARTS) is 1. The Bertz CT molecular complexity index is 621. The van der Waals surface area contributed by atoms with Crippen LogP contribution in [0.25, 0.3) is 5.69 Å². The minimum Gasteiger partial charge on any atom is -0.507 e. The molecule has 100 valence electrons. The maximum Gasteiger partial charge on any atom is 0.339 e. The molecule has 0 aliphatic carbocycles. The smallest absolute Gasteiger partial charge is 0.339 e. The van der Waals surface area contributed by atoms with Gasteiger partial charge in [-0.3, -0.25) is 0 Å². The van der Waals surface area contributed by atoms with E-state index in [0.717, 1.165) is 5.69 Å². The molecule has 0 radical (unpaired) electrons. The molecule has 0 unspecified atom stereocenters. The average Bonchev–Trinajstić information content (AvgIpc) is 2.81. The summed E-state index contributed by atoms with van der Waals surface area (Å²) < 4.78 is 1.54. The number of aromatic hydroxyl groups is 1. The molecule has 2 aromatic rings. The highest BCUT2D eigenvalue weighted by molar-refractivity contribution is 5.91. The number of phenols is 1. The van der Waals surface area contributed by atoms with Gasteiger partial charge in [-0.05, 0) is 24.6 Å². The molecule has 0 spiro atoms. The number of aromatic nitrogens is 3. The van der Waals surface area contributed by atoms with Gasteiger partial charge in [-0.2, -0.15) is 0 Å². The Balaban J connectivity index is 2.56. The molecule has 1 aromatic carbocycles. The summed E-state index contributed by atoms with van der Waals surface area (Å²) in [6.07, 6.45) is 0.669. The molecular weight excluding hydrogens is 248 g/mol. The second-order valence-corrected chi connectivity index (χ2v) is 3.96. The summed E-state index contributed by atoms with van der Waals surface area (Å²) in [5.41, 5.74) is 7.42. The van der Waals surface area contributed by atoms with Gasteiger partial charge in [0.2, 0.25) is 0 Å². The SMILES string of the molecule is CCc1c(CN)nnn1-c1ccc(O)c(C(=O)O)c1. The van der Waals surface area contributed by atoms with Crippen LogP contribution in [-0.4, -0.2) is 31.2 Å². The van der Waals surface area contributed by atoms with Crippen LogP contribution in [0, 0.1) is 0 Å². The van der Waals surface area contributed by atoms with Crippen LogP contribution in [0.5, 0.6) is 5.75 Å². The molecule has 0 bridgehead atoms. The van der Waals surface area contributed by atoms with E-state index < -0.39 is 5.97 Å². The Hall–Kier alpha value is -2.41. The van der Waals surface area contributed by atoms with Gasteiger partial charge in [-0.25, -0.2) is 9.48 Å². The van der Waals surface area contributed by atoms with Gasteiger partial charge >= 0.3 is 5.97 Å². The van der Waals surface area contributed by atoms with Crippen molar-refractivity contribution in [2.24, 2.45) is 5.73 Å². The molecular formula is C12H14N4O3. The van der Waals surface area contributed by atoms with Crippen molar-refractivity contribution in [1.82, 2.24) is 15.0 Å². The Labute approximate surface area is 109 Å². The van der Waals surface area contributed by atoms with Crippen LogP contribution in [0.15, 0.2) is 18.2 Å². The van der Waals surface area contributed by atoms with Crippen LogP contribution in [0.4, 0.5) is 0 Å². The number of rotatable bonds is 4. The van der Waals surface area contributed by atoms with E-state index in [-0.39, 0.29) is 17.9 Å². The lowest BCUT2D eigenvalue weighted by molar-refractivity contribution is 0.0693. The van der Waals surface area contributed by atoms with Gasteiger partial charge in [0.25, 0.3) is 0 Å². The van der Waals surface area contributed by atoms with Gasteiger partial charge in [0.1, 0.15) is 11.3 Å². The van der Waals surface area contributed by atoms with Crippen LogP contribution in [0.1, 0.15) is 28.7 Å². The van der Waals surface area contributed by atoms with Crippen molar-refractivity contribution in [2.75, 3.05) is 0 Å². The molecule has 0 atom stereocenters. The number of hydrogen-bond acceptors (Lipinski definition) is 5. The minimum atomic E-state index is -1.20. The summed E-state index contributed by atoms with van der Waals surface area (Å²) >= 11 is 0. The summed E-state index contributed by atoms with van der Waals surface area (Å²) in [4.78, 5) is 11.0. The van der Waals surface area contributed by atoms with Crippen LogP contribution in [0.3, 0.4) is 0 Å². The summed E-state index contributed by atoms with van der Waals surface area (Å²) in [6, 6.07) is 4.25. The molecule has 0 amide bonds. The molecule has 19 heavy (non-hydrogen) atoms. The second-order valence-electron chi connectivity index (χ2n) is 3.96. The lowest BCUT2D eigenvalue weighted by Crippen LogP contribution is -2.06. The van der Waals surface area contributed by atoms with Crippen molar-refractivity contribution in [1.29, 1.82) is 0 Å². The van der Waals surface area contributed by atoms with Crippen LogP contribution in [-0.2, 0) is 13.0 Å². The number of nitrogens with zero attached hydrogens (tertiary/aromatic N) is 3. The number of carboxylic acids is 1. The quantitative estimate of drug-likeness (QED) is 0.747. The molecule has 0 fully saturated rings. The zero-order valence-corrected chi connectivity index (χ0v) is 10.4. The fourth-order valence-corrected chi connectivity index (χ4v) is 1.88. The highest BCUT2D eigenvalue weighted by atomic mass is 16.4. The molecule has 0 aliphatic heterocycles. The van der Waals surface area contributed by atoms with Gasteiger partial charge in [0.05, 0.1) is 17.1 Å². The Morgan fingerprint density at radius 3 is 2.79 bits per heavy atom. The van der Waals surface area contributed by atoms with E-state index in [9.17, 15) is 9.90 Å². The van der Waals surface area contributed by atoms with Crippen molar-refractivity contribution >= 4 is 5.97 Å². The Morgan fingerprint density at radius 2 is 2.21 bits per heavy atom. The fourth-order valence-electron chi connectivity index (χ4n) is 1.88. The molecule has 1 aromatic heterocycles. The van der Waals surface area contributed by atoms with Crippen molar-refractivity contribution in [3.05, 3.63) is 35.2 Å². The summed E-state index contributed by atoms with van der Waals surface area (Å²) in [5.74, 6) is -1.48. The van der Waals surface area contributed by atoms with E-state index in [0.29, 0.717) is 17.8 Å². The first-order chi connectivity index (χ1) is 9.08. The molecule has 0 saturated carbocycles. The van der Waals surface area contributed by atoms with Gasteiger partial charge < -0.3 is 15.9 Å². The largest absolute Gasteiger partial charge is 0.507 e. The third-order valence-corrected chi connectivity index (χ3v) is 2.83. The lowest BCUT2D eigenvalue weighted by Gasteiger charge is -2.07. The fraction of sp³-hybridized carbons (Fsp3) is 0.250. The van der Waals surface area contributed by atoms with Crippen LogP contribution in [0.2, 0.25) is 0 Å². The van der Waals surface area contributed by atoms with Gasteiger partial charge in [-0.1, -0.05) is 12.1 Å². The van der Waals surface area contributed by atoms with E-state index in [2.05, 4.69) is 10.3 Å². The van der Waals surface area contributed by atoms with E-state index in [1.807, 2.05) is 6.92 Å². The molecule has 2 rings (SSSR count). The van der Waals surface area contributed by atoms with Crippen LogP contribution < -0.4 is 5.73 Å². The molecule has 7 heteroatoms. The number of aromatic carboxylic acids is 1. The van der Waals surface area contributed by atoms with Gasteiger partial charge in [0, 0.05) is 6.54 Å². The third-order valence-electron chi connectivity index (χ3n) is 2.83. The van der Waals surface area contributed by atoms with Crippen LogP contribution >= 0.6 is 0 Å². The Morgan fingerprint density at radius 1 is 1.47 bits per heavy atom. The van der Waals surface area contributed by atoms with E-state index in [1.54, 1.807) is 6.07 Å². The van der Waals surface area contributed by atoms with Crippen molar-refractivity contribution in [3.8, 4) is 11.4 Å². The monoisotopic (exact) mass is 262 g/mol. The summed E-state index contributed by atoms with van der Waals surface area (Å²) in [5, 5.41) is 26.4. The number of benzene rings is 1. The summed E-state index contributed by atoms with van der Waals surface area (Å²) in [6.45, 7) is 2.21. The first-order valence-corrected chi connectivity index (χ1v) is 5.78. The maximum atomic E-state index is 11.0. The predicted octanol–water partition coefficient (Wildman–Crippen LogP) is 0.692. The Kier molecular flexibility index (Phi) is 3.48. The molecule has 0 saturated heterocycles. The summed E-state index contributed by atoms with van der Waals surface area (Å²) in [7, 11) is 0. The van der Waals surface area contributed by atoms with Gasteiger partial charge in [-0.15, -0.1) is 5.10 Å². The lowest BCUT2D eigenvalue weighted by atomic mass is 10.1. The first kappa shape index (κ1) is 13.0. The maximum absolute atomic E-state index is 11.0. The van der Waals surface area contributed by atoms with E-state index >= 15 is 0 Å². The van der Waals surface area contributed by atoms with Gasteiger partial charge in [0.15, 0.2) is 0 Å². The number of carbonyl (C=O) groups is 1. The topological polar surface area (TPSA) is 114 Å². The van der Waals surface area contributed by atoms with Crippen molar-refractivity contribution < 1.29 is 15.0 Å².